The zero-order chi connectivity index (χ0) is 19.9. The highest BCUT2D eigenvalue weighted by Gasteiger charge is 2.35. The van der Waals surface area contributed by atoms with E-state index in [1.165, 1.54) is 0 Å². The maximum atomic E-state index is 6.27. The Labute approximate surface area is 168 Å². The summed E-state index contributed by atoms with van der Waals surface area (Å²) < 4.78 is 10.2. The van der Waals surface area contributed by atoms with Crippen molar-refractivity contribution in [2.75, 3.05) is 31.1 Å². The van der Waals surface area contributed by atoms with Crippen LogP contribution in [0, 0.1) is 5.92 Å². The van der Waals surface area contributed by atoms with Crippen LogP contribution in [0.4, 0.5) is 0 Å². The van der Waals surface area contributed by atoms with E-state index in [0.29, 0.717) is 18.6 Å². The summed E-state index contributed by atoms with van der Waals surface area (Å²) in [6, 6.07) is 2.35. The summed E-state index contributed by atoms with van der Waals surface area (Å²) in [4.78, 5) is 4.63. The van der Waals surface area contributed by atoms with Crippen molar-refractivity contribution in [3.8, 4) is 0 Å². The molecule has 3 atom stereocenters. The monoisotopic (exact) mass is 404 g/mol. The van der Waals surface area contributed by atoms with Crippen LogP contribution < -0.4 is 5.73 Å². The summed E-state index contributed by atoms with van der Waals surface area (Å²) in [5, 5.41) is 8.94. The highest BCUT2D eigenvalue weighted by atomic mass is 32.3. The fraction of sp³-hybridized carbons (Fsp3) is 0.650. The number of hydrogen-bond acceptors (Lipinski definition) is 5. The molecule has 7 nitrogen and oxygen atoms in total. The maximum absolute atomic E-state index is 6.27. The second kappa shape index (κ2) is 7.65. The molecule has 0 aromatic carbocycles. The quantitative estimate of drug-likeness (QED) is 0.612. The normalized spacial score (nSPS) is 23.8. The molecule has 0 saturated heterocycles. The molecule has 1 fully saturated rings. The molecule has 0 spiro atoms. The lowest BCUT2D eigenvalue weighted by molar-refractivity contribution is 0.0923. The van der Waals surface area contributed by atoms with Crippen LogP contribution >= 0.6 is 10.0 Å². The molecule has 154 valence electrons. The lowest BCUT2D eigenvalue weighted by atomic mass is 9.93. The molecule has 28 heavy (non-hydrogen) atoms. The second-order valence-electron chi connectivity index (χ2n) is 8.84. The van der Waals surface area contributed by atoms with Gasteiger partial charge in [0.15, 0.2) is 11.3 Å². The van der Waals surface area contributed by atoms with Crippen molar-refractivity contribution in [2.24, 2.45) is 11.7 Å². The van der Waals surface area contributed by atoms with Crippen molar-refractivity contribution in [1.82, 2.24) is 24.1 Å². The summed E-state index contributed by atoms with van der Waals surface area (Å²) in [7, 11) is -0.537. The molecule has 1 aliphatic rings. The average Bonchev–Trinajstić information content (AvgIpc) is 3.33. The van der Waals surface area contributed by atoms with Gasteiger partial charge in [-0.1, -0.05) is 13.3 Å². The summed E-state index contributed by atoms with van der Waals surface area (Å²) in [5.74, 6) is 3.06. The Bertz CT molecular complexity index is 959. The summed E-state index contributed by atoms with van der Waals surface area (Å²) >= 11 is 0. The Kier molecular flexibility index (Phi) is 5.37. The van der Waals surface area contributed by atoms with E-state index in [1.807, 2.05) is 12.4 Å². The third-order valence-electron chi connectivity index (χ3n) is 5.83. The Morgan fingerprint density at radius 2 is 2.07 bits per heavy atom. The minimum Gasteiger partial charge on any atom is -0.360 e. The van der Waals surface area contributed by atoms with Crippen LogP contribution in [0.2, 0.25) is 0 Å². The van der Waals surface area contributed by atoms with Crippen LogP contribution in [0.1, 0.15) is 37.9 Å². The predicted molar refractivity (Wildman–Crippen MR) is 116 cm³/mol. The second-order valence-corrected chi connectivity index (χ2v) is 13.4. The van der Waals surface area contributed by atoms with Gasteiger partial charge in [-0.3, -0.25) is 4.40 Å². The van der Waals surface area contributed by atoms with Crippen LogP contribution in [0.5, 0.6) is 0 Å². The van der Waals surface area contributed by atoms with E-state index in [-0.39, 0.29) is 6.04 Å². The van der Waals surface area contributed by atoms with Crippen molar-refractivity contribution in [2.45, 2.75) is 44.9 Å². The van der Waals surface area contributed by atoms with Crippen LogP contribution in [0.3, 0.4) is 0 Å². The van der Waals surface area contributed by atoms with Gasteiger partial charge in [0.1, 0.15) is 12.6 Å². The predicted octanol–water partition coefficient (Wildman–Crippen LogP) is 2.98. The SMILES string of the molecule is CCC1CC(N)CC1c1nnc2cnc3c(ccn3COCCS(C)(C)C)n12. The third-order valence-corrected chi connectivity index (χ3v) is 7.22. The van der Waals surface area contributed by atoms with Crippen molar-refractivity contribution < 1.29 is 4.74 Å². The fourth-order valence-electron chi connectivity index (χ4n) is 4.28. The third kappa shape index (κ3) is 3.77. The molecule has 0 bridgehead atoms. The first-order valence-electron chi connectivity index (χ1n) is 10.1. The van der Waals surface area contributed by atoms with Gasteiger partial charge in [0.2, 0.25) is 0 Å². The first-order valence-corrected chi connectivity index (χ1v) is 13.1. The van der Waals surface area contributed by atoms with E-state index in [1.54, 1.807) is 0 Å². The summed E-state index contributed by atoms with van der Waals surface area (Å²) in [5.41, 5.74) is 9.02. The maximum Gasteiger partial charge on any atom is 0.179 e. The summed E-state index contributed by atoms with van der Waals surface area (Å²) in [6.45, 7) is 3.53. The number of fused-ring (bicyclic) bond motifs is 3. The Hall–Kier alpha value is -1.64. The minimum atomic E-state index is -0.537. The molecular weight excluding hydrogens is 372 g/mol. The molecule has 0 aliphatic heterocycles. The van der Waals surface area contributed by atoms with Crippen LogP contribution in [0.15, 0.2) is 18.5 Å². The molecule has 3 heterocycles. The molecule has 8 heteroatoms. The van der Waals surface area contributed by atoms with Gasteiger partial charge in [0.05, 0.1) is 18.3 Å². The van der Waals surface area contributed by atoms with Crippen LogP contribution in [-0.2, 0) is 11.5 Å². The Morgan fingerprint density at radius 1 is 1.25 bits per heavy atom. The molecule has 3 aromatic rings. The minimum absolute atomic E-state index is 0.252. The molecule has 1 aliphatic carbocycles. The first kappa shape index (κ1) is 19.7. The molecule has 0 radical (unpaired) electrons. The molecule has 0 amide bonds. The van der Waals surface area contributed by atoms with Crippen molar-refractivity contribution in [3.63, 3.8) is 0 Å². The number of nitrogens with two attached hydrogens (primary N) is 1. The van der Waals surface area contributed by atoms with E-state index >= 15 is 0 Å². The summed E-state index contributed by atoms with van der Waals surface area (Å²) in [6.07, 6.45) is 13.9. The highest BCUT2D eigenvalue weighted by molar-refractivity contribution is 8.32. The van der Waals surface area contributed by atoms with E-state index in [9.17, 15) is 0 Å². The Balaban J connectivity index is 1.63. The van der Waals surface area contributed by atoms with Gasteiger partial charge in [0.25, 0.3) is 0 Å². The molecular formula is C20H32N6OS. The van der Waals surface area contributed by atoms with Crippen LogP contribution in [0.25, 0.3) is 16.8 Å². The lowest BCUT2D eigenvalue weighted by Gasteiger charge is -2.24. The van der Waals surface area contributed by atoms with Gasteiger partial charge in [-0.05, 0) is 43.6 Å². The largest absolute Gasteiger partial charge is 0.360 e. The zero-order valence-corrected chi connectivity index (χ0v) is 18.2. The number of ether oxygens (including phenoxy) is 1. The van der Waals surface area contributed by atoms with E-state index in [0.717, 1.165) is 54.3 Å². The van der Waals surface area contributed by atoms with Gasteiger partial charge in [-0.25, -0.2) is 15.0 Å². The van der Waals surface area contributed by atoms with Crippen molar-refractivity contribution in [3.05, 3.63) is 24.3 Å². The van der Waals surface area contributed by atoms with Gasteiger partial charge >= 0.3 is 0 Å². The molecule has 4 rings (SSSR count). The Morgan fingerprint density at radius 3 is 2.82 bits per heavy atom. The lowest BCUT2D eigenvalue weighted by Crippen LogP contribution is -2.15. The standard InChI is InChI=1S/C20H32N6OS/c1-5-14-10-15(21)11-16(14)19-24-23-18-12-22-20-17(26(18)19)6-7-25(20)13-27-8-9-28(2,3)4/h6-7,12,14-16H,5,8-11,13,21H2,1-4H3. The van der Waals surface area contributed by atoms with E-state index in [2.05, 4.69) is 55.9 Å². The van der Waals surface area contributed by atoms with Gasteiger partial charge < -0.3 is 15.0 Å². The smallest absolute Gasteiger partial charge is 0.179 e. The van der Waals surface area contributed by atoms with Gasteiger partial charge in [0, 0.05) is 23.9 Å². The van der Waals surface area contributed by atoms with Crippen LogP contribution in [-0.4, -0.2) is 61.3 Å². The number of nitrogens with zero attached hydrogens (tertiary/aromatic N) is 5. The number of aromatic nitrogens is 5. The fourth-order valence-corrected chi connectivity index (χ4v) is 4.90. The number of rotatable bonds is 7. The number of hydrogen-bond donors (Lipinski definition) is 1. The molecule has 3 aromatic heterocycles. The molecule has 1 saturated carbocycles. The topological polar surface area (TPSA) is 83.3 Å². The van der Waals surface area contributed by atoms with Crippen molar-refractivity contribution in [1.29, 1.82) is 0 Å². The molecule has 3 unspecified atom stereocenters. The van der Waals surface area contributed by atoms with Crippen molar-refractivity contribution >= 4 is 26.8 Å². The van der Waals surface area contributed by atoms with Gasteiger partial charge in [-0.2, -0.15) is 0 Å². The first-order chi connectivity index (χ1) is 13.4. The highest BCUT2D eigenvalue weighted by Crippen LogP contribution is 2.40. The van der Waals surface area contributed by atoms with E-state index in [4.69, 9.17) is 10.5 Å². The molecule has 2 N–H and O–H groups in total. The average molecular weight is 405 g/mol. The van der Waals surface area contributed by atoms with Gasteiger partial charge in [-0.15, -0.1) is 10.2 Å². The zero-order valence-electron chi connectivity index (χ0n) is 17.3. The van der Waals surface area contributed by atoms with E-state index < -0.39 is 10.0 Å².